The SMILES string of the molecule is C/C(=C\c1csc(C)n1)[C@H](C[C@@H]1O[C@@]1(CCC[C@H](C)CO[SiH2]C(C)(C)C)COS(C)(=O)=O)O[SiH2]C(C)(C)C. The van der Waals surface area contributed by atoms with E-state index >= 15 is 0 Å². The summed E-state index contributed by atoms with van der Waals surface area (Å²) in [6.07, 6.45) is 6.37. The zero-order chi connectivity index (χ0) is 28.8. The van der Waals surface area contributed by atoms with Crippen LogP contribution in [0.25, 0.3) is 6.08 Å². The molecule has 0 unspecified atom stereocenters. The van der Waals surface area contributed by atoms with Crippen molar-refractivity contribution in [1.82, 2.24) is 4.98 Å². The van der Waals surface area contributed by atoms with E-state index < -0.39 is 35.2 Å². The van der Waals surface area contributed by atoms with E-state index in [1.54, 1.807) is 11.3 Å². The Hall–Kier alpha value is -0.406. The number of aromatic nitrogens is 1. The lowest BCUT2D eigenvalue weighted by Crippen LogP contribution is -2.29. The Bertz CT molecular complexity index is 1020. The third-order valence-electron chi connectivity index (χ3n) is 6.32. The van der Waals surface area contributed by atoms with Crippen LogP contribution in [0.5, 0.6) is 0 Å². The summed E-state index contributed by atoms with van der Waals surface area (Å²) in [4.78, 5) is 4.59. The first-order valence-corrected chi connectivity index (χ1v) is 19.0. The predicted molar refractivity (Wildman–Crippen MR) is 164 cm³/mol. The van der Waals surface area contributed by atoms with Crippen LogP contribution in [0.4, 0.5) is 0 Å². The average Bonchev–Trinajstić information content (AvgIpc) is 3.27. The van der Waals surface area contributed by atoms with Gasteiger partial charge in [0, 0.05) is 18.4 Å². The lowest BCUT2D eigenvalue weighted by molar-refractivity contribution is 0.175. The van der Waals surface area contributed by atoms with Crippen LogP contribution in [-0.4, -0.2) is 70.2 Å². The lowest BCUT2D eigenvalue weighted by atomic mass is 9.92. The minimum Gasteiger partial charge on any atom is -0.423 e. The molecule has 0 amide bonds. The third kappa shape index (κ3) is 13.3. The van der Waals surface area contributed by atoms with Crippen LogP contribution < -0.4 is 0 Å². The quantitative estimate of drug-likeness (QED) is 0.146. The van der Waals surface area contributed by atoms with Crippen LogP contribution in [0.3, 0.4) is 0 Å². The number of thiazole rings is 1. The van der Waals surface area contributed by atoms with Gasteiger partial charge in [0.2, 0.25) is 0 Å². The lowest BCUT2D eigenvalue weighted by Gasteiger charge is -2.25. The van der Waals surface area contributed by atoms with Crippen molar-refractivity contribution in [3.05, 3.63) is 21.7 Å². The molecule has 1 aliphatic heterocycles. The Morgan fingerprint density at radius 1 is 1.24 bits per heavy atom. The molecule has 1 aromatic rings. The smallest absolute Gasteiger partial charge is 0.264 e. The minimum atomic E-state index is -3.56. The highest BCUT2D eigenvalue weighted by molar-refractivity contribution is 7.85. The van der Waals surface area contributed by atoms with E-state index in [2.05, 4.69) is 71.8 Å². The van der Waals surface area contributed by atoms with Crippen molar-refractivity contribution in [3.63, 3.8) is 0 Å². The van der Waals surface area contributed by atoms with Gasteiger partial charge in [-0.2, -0.15) is 8.42 Å². The van der Waals surface area contributed by atoms with E-state index in [9.17, 15) is 8.42 Å². The highest BCUT2D eigenvalue weighted by Gasteiger charge is 2.57. The van der Waals surface area contributed by atoms with E-state index in [1.807, 2.05) is 6.92 Å². The van der Waals surface area contributed by atoms with Gasteiger partial charge in [-0.3, -0.25) is 4.18 Å². The van der Waals surface area contributed by atoms with Gasteiger partial charge in [-0.25, -0.2) is 4.98 Å². The van der Waals surface area contributed by atoms with Crippen LogP contribution in [-0.2, 0) is 27.9 Å². The fraction of sp³-hybridized carbons (Fsp3) is 0.815. The van der Waals surface area contributed by atoms with Crippen molar-refractivity contribution in [3.8, 4) is 0 Å². The van der Waals surface area contributed by atoms with E-state index in [4.69, 9.17) is 17.8 Å². The summed E-state index contributed by atoms with van der Waals surface area (Å²) in [5.74, 6) is 0.454. The number of rotatable bonds is 16. The normalized spacial score (nSPS) is 23.1. The highest BCUT2D eigenvalue weighted by Crippen LogP contribution is 2.45. The molecule has 1 aliphatic rings. The zero-order valence-corrected chi connectivity index (χ0v) is 29.7. The van der Waals surface area contributed by atoms with Crippen LogP contribution in [0.2, 0.25) is 10.1 Å². The Balaban J connectivity index is 2.06. The van der Waals surface area contributed by atoms with Crippen LogP contribution in [0.15, 0.2) is 11.0 Å². The third-order valence-corrected chi connectivity index (χ3v) is 10.4. The molecule has 1 fully saturated rings. The fourth-order valence-corrected chi connectivity index (χ4v) is 7.46. The van der Waals surface area contributed by atoms with E-state index in [1.165, 1.54) is 0 Å². The number of ether oxygens (including phenoxy) is 1. The summed E-state index contributed by atoms with van der Waals surface area (Å²) in [5, 5.41) is 3.55. The molecule has 0 spiro atoms. The maximum Gasteiger partial charge on any atom is 0.264 e. The van der Waals surface area contributed by atoms with Crippen molar-refractivity contribution in [1.29, 1.82) is 0 Å². The van der Waals surface area contributed by atoms with Gasteiger partial charge in [0.25, 0.3) is 10.1 Å². The van der Waals surface area contributed by atoms with Crippen LogP contribution in [0, 0.1) is 12.8 Å². The minimum absolute atomic E-state index is 0.0514. The largest absolute Gasteiger partial charge is 0.423 e. The van der Waals surface area contributed by atoms with E-state index in [0.717, 1.165) is 48.4 Å². The summed E-state index contributed by atoms with van der Waals surface area (Å²) in [6.45, 7) is 20.5. The molecule has 7 nitrogen and oxygen atoms in total. The standard InChI is InChI=1S/C27H51NO6S2Si2/c1-19(16-32-37-25(4,5)6)12-11-13-27(18-31-36(10,29)30)24(33-27)15-23(34-38-26(7,8)9)20(2)14-22-17-35-21(3)28-22/h14,17,19,23-24H,11-13,15-16,18,37-38H2,1-10H3/b20-14+/t19-,23-,24-,27-/m0/s1. The Morgan fingerprint density at radius 3 is 2.45 bits per heavy atom. The number of epoxide rings is 1. The van der Waals surface area contributed by atoms with Gasteiger partial charge in [-0.05, 0) is 54.3 Å². The van der Waals surface area contributed by atoms with Gasteiger partial charge >= 0.3 is 0 Å². The second-order valence-electron chi connectivity index (χ2n) is 13.5. The Labute approximate surface area is 240 Å². The first kappa shape index (κ1) is 33.8. The fourth-order valence-electron chi connectivity index (χ4n) is 4.24. The van der Waals surface area contributed by atoms with Crippen molar-refractivity contribution < 1.29 is 26.2 Å². The number of aryl methyl sites for hydroxylation is 1. The summed E-state index contributed by atoms with van der Waals surface area (Å²) < 4.78 is 47.7. The molecule has 38 heavy (non-hydrogen) atoms. The molecule has 1 aromatic heterocycles. The molecule has 0 saturated carbocycles. The Kier molecular flexibility index (Phi) is 12.4. The van der Waals surface area contributed by atoms with Crippen molar-refractivity contribution in [2.24, 2.45) is 5.92 Å². The number of hydrogen-bond donors (Lipinski definition) is 0. The molecular formula is C27H51NO6S2Si2. The van der Waals surface area contributed by atoms with E-state index in [-0.39, 0.29) is 23.9 Å². The Morgan fingerprint density at radius 2 is 1.89 bits per heavy atom. The molecular weight excluding hydrogens is 555 g/mol. The maximum atomic E-state index is 11.8. The summed E-state index contributed by atoms with van der Waals surface area (Å²) in [5.41, 5.74) is 1.48. The van der Waals surface area contributed by atoms with Crippen molar-refractivity contribution >= 4 is 47.1 Å². The maximum absolute atomic E-state index is 11.8. The first-order chi connectivity index (χ1) is 17.4. The molecule has 0 aliphatic carbocycles. The highest BCUT2D eigenvalue weighted by atomic mass is 32.2. The molecule has 0 aromatic carbocycles. The van der Waals surface area contributed by atoms with Gasteiger partial charge in [-0.15, -0.1) is 11.3 Å². The molecule has 0 radical (unpaired) electrons. The molecule has 0 bridgehead atoms. The summed E-state index contributed by atoms with van der Waals surface area (Å²) >= 11 is 1.64. The topological polar surface area (TPSA) is 87.3 Å². The van der Waals surface area contributed by atoms with Gasteiger partial charge < -0.3 is 13.6 Å². The second-order valence-corrected chi connectivity index (χ2v) is 21.8. The molecule has 11 heteroatoms. The first-order valence-electron chi connectivity index (χ1n) is 13.7. The molecule has 0 N–H and O–H groups in total. The molecule has 2 heterocycles. The predicted octanol–water partition coefficient (Wildman–Crippen LogP) is 5.17. The van der Waals surface area contributed by atoms with Gasteiger partial charge in [0.15, 0.2) is 19.5 Å². The molecule has 2 rings (SSSR count). The van der Waals surface area contributed by atoms with Crippen molar-refractivity contribution in [2.75, 3.05) is 19.5 Å². The van der Waals surface area contributed by atoms with E-state index in [0.29, 0.717) is 17.4 Å². The average molecular weight is 606 g/mol. The van der Waals surface area contributed by atoms with Crippen molar-refractivity contribution in [2.45, 2.75) is 116 Å². The van der Waals surface area contributed by atoms with Crippen LogP contribution >= 0.6 is 11.3 Å². The summed E-state index contributed by atoms with van der Waals surface area (Å²) in [7, 11) is -4.92. The molecule has 1 saturated heterocycles. The second kappa shape index (κ2) is 14.0. The van der Waals surface area contributed by atoms with Crippen LogP contribution in [0.1, 0.15) is 91.8 Å². The van der Waals surface area contributed by atoms with Gasteiger partial charge in [0.05, 0.1) is 35.8 Å². The molecule has 220 valence electrons. The number of nitrogens with zero attached hydrogens (tertiary/aromatic N) is 1. The van der Waals surface area contributed by atoms with Gasteiger partial charge in [-0.1, -0.05) is 54.9 Å². The molecule has 4 atom stereocenters. The van der Waals surface area contributed by atoms with Gasteiger partial charge in [0.1, 0.15) is 5.60 Å². The number of hydrogen-bond acceptors (Lipinski definition) is 8. The zero-order valence-electron chi connectivity index (χ0n) is 25.3. The summed E-state index contributed by atoms with van der Waals surface area (Å²) in [6, 6.07) is 0. The monoisotopic (exact) mass is 605 g/mol.